The summed E-state index contributed by atoms with van der Waals surface area (Å²) in [7, 11) is 0. The first-order chi connectivity index (χ1) is 10.7. The van der Waals surface area contributed by atoms with E-state index in [-0.39, 0.29) is 18.5 Å². The van der Waals surface area contributed by atoms with Crippen LogP contribution in [-0.4, -0.2) is 42.7 Å². The topological polar surface area (TPSA) is 92.3 Å². The molecular weight excluding hydrogens is 284 g/mol. The Bertz CT molecular complexity index is 515. The first-order valence-corrected chi connectivity index (χ1v) is 7.56. The van der Waals surface area contributed by atoms with Gasteiger partial charge < -0.3 is 20.7 Å². The van der Waals surface area contributed by atoms with E-state index in [9.17, 15) is 9.59 Å². The maximum absolute atomic E-state index is 12.2. The monoisotopic (exact) mass is 306 g/mol. The van der Waals surface area contributed by atoms with Crippen LogP contribution in [0.25, 0.3) is 0 Å². The molecule has 3 N–H and O–H groups in total. The standard InChI is InChI=1S/C15H22N4O3/c1-2-22-15(21)18-10-13-8-11(5-7-17-13)14(20)19-12-4-3-6-16-9-12/h5,7-8,12,16H,2-4,6,9-10H2,1H3,(H,18,21)(H,19,20). The first-order valence-electron chi connectivity index (χ1n) is 7.56. The van der Waals surface area contributed by atoms with Crippen LogP contribution < -0.4 is 16.0 Å². The number of pyridine rings is 1. The predicted molar refractivity (Wildman–Crippen MR) is 81.5 cm³/mol. The third-order valence-electron chi connectivity index (χ3n) is 3.40. The van der Waals surface area contributed by atoms with Gasteiger partial charge in [-0.1, -0.05) is 0 Å². The number of amides is 2. The molecule has 0 saturated carbocycles. The molecule has 0 bridgehead atoms. The van der Waals surface area contributed by atoms with Crippen LogP contribution >= 0.6 is 0 Å². The summed E-state index contributed by atoms with van der Waals surface area (Å²) in [6, 6.07) is 3.51. The third-order valence-corrected chi connectivity index (χ3v) is 3.40. The Labute approximate surface area is 129 Å². The van der Waals surface area contributed by atoms with E-state index < -0.39 is 6.09 Å². The van der Waals surface area contributed by atoms with Gasteiger partial charge in [0.05, 0.1) is 18.8 Å². The minimum atomic E-state index is -0.493. The highest BCUT2D eigenvalue weighted by atomic mass is 16.5. The van der Waals surface area contributed by atoms with Gasteiger partial charge >= 0.3 is 6.09 Å². The molecule has 1 aliphatic rings. The summed E-state index contributed by atoms with van der Waals surface area (Å²) in [5.74, 6) is -0.117. The second-order valence-electron chi connectivity index (χ2n) is 5.13. The lowest BCUT2D eigenvalue weighted by atomic mass is 10.1. The zero-order valence-corrected chi connectivity index (χ0v) is 12.7. The van der Waals surface area contributed by atoms with E-state index in [2.05, 4.69) is 20.9 Å². The summed E-state index contributed by atoms with van der Waals surface area (Å²) in [6.45, 7) is 4.09. The van der Waals surface area contributed by atoms with Crippen molar-refractivity contribution in [3.05, 3.63) is 29.6 Å². The molecule has 1 aliphatic heterocycles. The van der Waals surface area contributed by atoms with Gasteiger partial charge in [-0.15, -0.1) is 0 Å². The maximum atomic E-state index is 12.2. The van der Waals surface area contributed by atoms with E-state index in [0.717, 1.165) is 25.9 Å². The molecular formula is C15H22N4O3. The summed E-state index contributed by atoms with van der Waals surface area (Å²) in [6.07, 6.45) is 3.13. The Hall–Kier alpha value is -2.15. The molecule has 22 heavy (non-hydrogen) atoms. The second kappa shape index (κ2) is 8.33. The Kier molecular flexibility index (Phi) is 6.14. The van der Waals surface area contributed by atoms with Gasteiger partial charge in [0, 0.05) is 24.3 Å². The number of carbonyl (C=O) groups excluding carboxylic acids is 2. The molecule has 1 atom stereocenters. The number of piperidine rings is 1. The summed E-state index contributed by atoms with van der Waals surface area (Å²) in [5, 5.41) is 8.85. The lowest BCUT2D eigenvalue weighted by Crippen LogP contribution is -2.45. The number of ether oxygens (including phenoxy) is 1. The van der Waals surface area contributed by atoms with E-state index in [4.69, 9.17) is 4.74 Å². The zero-order chi connectivity index (χ0) is 15.8. The molecule has 7 nitrogen and oxygen atoms in total. The SMILES string of the molecule is CCOC(=O)NCc1cc(C(=O)NC2CCCNC2)ccn1. The predicted octanol–water partition coefficient (Wildman–Crippen LogP) is 0.810. The molecule has 1 aromatic heterocycles. The third kappa shape index (κ3) is 5.00. The number of hydrogen-bond donors (Lipinski definition) is 3. The van der Waals surface area contributed by atoms with Gasteiger partial charge in [0.2, 0.25) is 0 Å². The molecule has 0 radical (unpaired) electrons. The minimum Gasteiger partial charge on any atom is -0.450 e. The Morgan fingerprint density at radius 2 is 2.36 bits per heavy atom. The van der Waals surface area contributed by atoms with E-state index in [1.165, 1.54) is 0 Å². The molecule has 120 valence electrons. The molecule has 1 saturated heterocycles. The zero-order valence-electron chi connectivity index (χ0n) is 12.7. The fraction of sp³-hybridized carbons (Fsp3) is 0.533. The fourth-order valence-electron chi connectivity index (χ4n) is 2.30. The highest BCUT2D eigenvalue weighted by Gasteiger charge is 2.16. The summed E-state index contributed by atoms with van der Waals surface area (Å²) >= 11 is 0. The molecule has 2 rings (SSSR count). The van der Waals surface area contributed by atoms with Crippen molar-refractivity contribution in [2.45, 2.75) is 32.4 Å². The second-order valence-corrected chi connectivity index (χ2v) is 5.13. The smallest absolute Gasteiger partial charge is 0.407 e. The van der Waals surface area contributed by atoms with Crippen LogP contribution in [0.1, 0.15) is 35.8 Å². The number of hydrogen-bond acceptors (Lipinski definition) is 5. The van der Waals surface area contributed by atoms with Crippen LogP contribution in [0.15, 0.2) is 18.3 Å². The van der Waals surface area contributed by atoms with Crippen molar-refractivity contribution in [1.82, 2.24) is 20.9 Å². The number of aromatic nitrogens is 1. The lowest BCUT2D eigenvalue weighted by molar-refractivity contribution is 0.0930. The average molecular weight is 306 g/mol. The van der Waals surface area contributed by atoms with E-state index in [1.807, 2.05) is 0 Å². The number of nitrogens with one attached hydrogen (secondary N) is 3. The number of carbonyl (C=O) groups is 2. The van der Waals surface area contributed by atoms with Gasteiger partial charge in [0.15, 0.2) is 0 Å². The van der Waals surface area contributed by atoms with Crippen LogP contribution in [0.5, 0.6) is 0 Å². The van der Waals surface area contributed by atoms with Crippen molar-refractivity contribution in [3.8, 4) is 0 Å². The van der Waals surface area contributed by atoms with Crippen molar-refractivity contribution >= 4 is 12.0 Å². The molecule has 1 aromatic rings. The highest BCUT2D eigenvalue weighted by molar-refractivity contribution is 5.94. The van der Waals surface area contributed by atoms with Gasteiger partial charge in [-0.25, -0.2) is 4.79 Å². The molecule has 0 spiro atoms. The molecule has 1 fully saturated rings. The first kappa shape index (κ1) is 16.2. The van der Waals surface area contributed by atoms with Gasteiger partial charge in [-0.2, -0.15) is 0 Å². The Morgan fingerprint density at radius 3 is 3.09 bits per heavy atom. The van der Waals surface area contributed by atoms with Crippen molar-refractivity contribution in [3.63, 3.8) is 0 Å². The number of nitrogens with zero attached hydrogens (tertiary/aromatic N) is 1. The van der Waals surface area contributed by atoms with Gasteiger partial charge in [-0.3, -0.25) is 9.78 Å². The lowest BCUT2D eigenvalue weighted by Gasteiger charge is -2.23. The largest absolute Gasteiger partial charge is 0.450 e. The van der Waals surface area contributed by atoms with Crippen LogP contribution in [-0.2, 0) is 11.3 Å². The quantitative estimate of drug-likeness (QED) is 0.748. The molecule has 0 aliphatic carbocycles. The number of alkyl carbamates (subject to hydrolysis) is 1. The van der Waals surface area contributed by atoms with Crippen molar-refractivity contribution in [2.75, 3.05) is 19.7 Å². The van der Waals surface area contributed by atoms with Crippen molar-refractivity contribution in [2.24, 2.45) is 0 Å². The summed E-state index contributed by atoms with van der Waals surface area (Å²) < 4.78 is 4.78. The average Bonchev–Trinajstić information content (AvgIpc) is 2.54. The number of rotatable bonds is 5. The maximum Gasteiger partial charge on any atom is 0.407 e. The van der Waals surface area contributed by atoms with Crippen LogP contribution in [0, 0.1) is 0 Å². The van der Waals surface area contributed by atoms with Crippen LogP contribution in [0.3, 0.4) is 0 Å². The van der Waals surface area contributed by atoms with E-state index >= 15 is 0 Å². The van der Waals surface area contributed by atoms with E-state index in [1.54, 1.807) is 25.3 Å². The normalized spacial score (nSPS) is 17.6. The van der Waals surface area contributed by atoms with E-state index in [0.29, 0.717) is 17.9 Å². The van der Waals surface area contributed by atoms with Crippen LogP contribution in [0.4, 0.5) is 4.79 Å². The molecule has 0 aromatic carbocycles. The Morgan fingerprint density at radius 1 is 1.50 bits per heavy atom. The van der Waals surface area contributed by atoms with Crippen LogP contribution in [0.2, 0.25) is 0 Å². The highest BCUT2D eigenvalue weighted by Crippen LogP contribution is 2.06. The molecule has 7 heteroatoms. The fourth-order valence-corrected chi connectivity index (χ4v) is 2.30. The van der Waals surface area contributed by atoms with Crippen molar-refractivity contribution in [1.29, 1.82) is 0 Å². The van der Waals surface area contributed by atoms with Crippen molar-refractivity contribution < 1.29 is 14.3 Å². The summed E-state index contributed by atoms with van der Waals surface area (Å²) in [5.41, 5.74) is 1.16. The van der Waals surface area contributed by atoms with Gasteiger partial charge in [0.1, 0.15) is 0 Å². The minimum absolute atomic E-state index is 0.117. The van der Waals surface area contributed by atoms with Gasteiger partial charge in [0.25, 0.3) is 5.91 Å². The molecule has 1 unspecified atom stereocenters. The Balaban J connectivity index is 1.89. The van der Waals surface area contributed by atoms with Gasteiger partial charge in [-0.05, 0) is 38.4 Å². The molecule has 2 amide bonds. The molecule has 2 heterocycles. The summed E-state index contributed by atoms with van der Waals surface area (Å²) in [4.78, 5) is 27.6.